The Kier molecular flexibility index (Phi) is 5.09. The van der Waals surface area contributed by atoms with Crippen LogP contribution in [0.4, 0.5) is 4.39 Å². The summed E-state index contributed by atoms with van der Waals surface area (Å²) < 4.78 is 18.1. The number of hydrogen-bond acceptors (Lipinski definition) is 4. The molecule has 1 saturated heterocycles. The fourth-order valence-corrected chi connectivity index (χ4v) is 2.72. The first-order valence-electron chi connectivity index (χ1n) is 7.02. The Morgan fingerprint density at radius 3 is 2.70 bits per heavy atom. The molecule has 1 aromatic rings. The third-order valence-electron chi connectivity index (χ3n) is 3.75. The van der Waals surface area contributed by atoms with E-state index in [1.165, 1.54) is 12.1 Å². The molecule has 1 fully saturated rings. The van der Waals surface area contributed by atoms with E-state index >= 15 is 0 Å². The average molecular weight is 280 g/mol. The molecule has 0 aromatic heterocycles. The zero-order valence-corrected chi connectivity index (χ0v) is 11.7. The summed E-state index contributed by atoms with van der Waals surface area (Å²) in [4.78, 5) is 14.1. The maximum absolute atomic E-state index is 12.9. The lowest BCUT2D eigenvalue weighted by Gasteiger charge is -2.28. The molecular formula is C15H21FN2O2. The highest BCUT2D eigenvalue weighted by atomic mass is 19.1. The predicted molar refractivity (Wildman–Crippen MR) is 74.4 cm³/mol. The minimum absolute atomic E-state index is 0.175. The number of likely N-dealkylation sites (tertiary alicyclic amines) is 1. The van der Waals surface area contributed by atoms with E-state index in [-0.39, 0.29) is 23.9 Å². The van der Waals surface area contributed by atoms with Crippen LogP contribution in [0.1, 0.15) is 25.3 Å². The van der Waals surface area contributed by atoms with Crippen molar-refractivity contribution in [3.63, 3.8) is 0 Å². The second-order valence-electron chi connectivity index (χ2n) is 5.03. The molecule has 20 heavy (non-hydrogen) atoms. The highest BCUT2D eigenvalue weighted by Gasteiger charge is 2.37. The molecular weight excluding hydrogens is 259 g/mol. The molecule has 5 heteroatoms. The summed E-state index contributed by atoms with van der Waals surface area (Å²) in [6.45, 7) is 3.29. The smallest absolute Gasteiger partial charge is 0.323 e. The maximum atomic E-state index is 12.9. The van der Waals surface area contributed by atoms with Crippen LogP contribution < -0.4 is 5.73 Å². The fraction of sp³-hybridized carbons (Fsp3) is 0.533. The van der Waals surface area contributed by atoms with E-state index in [1.807, 2.05) is 0 Å². The van der Waals surface area contributed by atoms with Crippen molar-refractivity contribution in [1.82, 2.24) is 4.90 Å². The molecule has 2 N–H and O–H groups in total. The van der Waals surface area contributed by atoms with Gasteiger partial charge in [0.25, 0.3) is 0 Å². The number of carbonyl (C=O) groups is 1. The van der Waals surface area contributed by atoms with Gasteiger partial charge >= 0.3 is 5.97 Å². The lowest BCUT2D eigenvalue weighted by Crippen LogP contribution is -2.43. The van der Waals surface area contributed by atoms with E-state index < -0.39 is 0 Å². The maximum Gasteiger partial charge on any atom is 0.323 e. The van der Waals surface area contributed by atoms with Crippen LogP contribution in [-0.4, -0.2) is 36.1 Å². The van der Waals surface area contributed by atoms with E-state index in [1.54, 1.807) is 19.1 Å². The van der Waals surface area contributed by atoms with Gasteiger partial charge in [0.05, 0.1) is 6.61 Å². The number of halogens is 1. The molecule has 0 bridgehead atoms. The molecule has 1 aromatic carbocycles. The average Bonchev–Trinajstić information content (AvgIpc) is 2.84. The Morgan fingerprint density at radius 2 is 2.10 bits per heavy atom. The van der Waals surface area contributed by atoms with Crippen LogP contribution in [0, 0.1) is 5.82 Å². The highest BCUT2D eigenvalue weighted by Crippen LogP contribution is 2.26. The van der Waals surface area contributed by atoms with E-state index in [0.717, 1.165) is 18.4 Å². The van der Waals surface area contributed by atoms with Gasteiger partial charge in [0.2, 0.25) is 0 Å². The predicted octanol–water partition coefficient (Wildman–Crippen LogP) is 1.68. The van der Waals surface area contributed by atoms with E-state index in [4.69, 9.17) is 10.5 Å². The number of rotatable bonds is 5. The first-order valence-corrected chi connectivity index (χ1v) is 7.02. The molecule has 1 aliphatic rings. The second kappa shape index (κ2) is 6.81. The number of ether oxygens (including phenoxy) is 1. The van der Waals surface area contributed by atoms with Crippen LogP contribution in [0.5, 0.6) is 0 Å². The molecule has 2 unspecified atom stereocenters. The topological polar surface area (TPSA) is 55.6 Å². The molecule has 2 atom stereocenters. The Morgan fingerprint density at radius 1 is 1.40 bits per heavy atom. The summed E-state index contributed by atoms with van der Waals surface area (Å²) in [5, 5.41) is 0. The number of carbonyl (C=O) groups excluding carboxylic acids is 1. The second-order valence-corrected chi connectivity index (χ2v) is 5.03. The summed E-state index contributed by atoms with van der Waals surface area (Å²) in [6, 6.07) is 6.28. The van der Waals surface area contributed by atoms with Gasteiger partial charge in [0.15, 0.2) is 0 Å². The first-order chi connectivity index (χ1) is 9.65. The fourth-order valence-electron chi connectivity index (χ4n) is 2.72. The van der Waals surface area contributed by atoms with Gasteiger partial charge in [-0.2, -0.15) is 0 Å². The summed E-state index contributed by atoms with van der Waals surface area (Å²) in [7, 11) is 0. The molecule has 1 aliphatic heterocycles. The van der Waals surface area contributed by atoms with Crippen molar-refractivity contribution in [2.45, 2.75) is 38.4 Å². The summed E-state index contributed by atoms with van der Waals surface area (Å²) in [6.07, 6.45) is 1.66. The van der Waals surface area contributed by atoms with E-state index in [0.29, 0.717) is 19.7 Å². The normalized spacial score (nSPS) is 22.9. The highest BCUT2D eigenvalue weighted by molar-refractivity contribution is 5.76. The van der Waals surface area contributed by atoms with Crippen LogP contribution in [0.25, 0.3) is 0 Å². The van der Waals surface area contributed by atoms with E-state index in [9.17, 15) is 9.18 Å². The summed E-state index contributed by atoms with van der Waals surface area (Å²) >= 11 is 0. The Hall–Kier alpha value is -1.46. The van der Waals surface area contributed by atoms with Gasteiger partial charge in [-0.15, -0.1) is 0 Å². The van der Waals surface area contributed by atoms with Gasteiger partial charge in [-0.3, -0.25) is 9.69 Å². The number of esters is 1. The number of nitrogens with two attached hydrogens (primary N) is 1. The number of benzene rings is 1. The quantitative estimate of drug-likeness (QED) is 0.834. The summed E-state index contributed by atoms with van der Waals surface area (Å²) in [5.41, 5.74) is 6.76. The van der Waals surface area contributed by atoms with Gasteiger partial charge in [0, 0.05) is 19.1 Å². The molecule has 0 amide bonds. The van der Waals surface area contributed by atoms with Gasteiger partial charge in [-0.1, -0.05) is 12.1 Å². The molecule has 0 spiro atoms. The molecule has 2 rings (SSSR count). The van der Waals surface area contributed by atoms with Gasteiger partial charge < -0.3 is 10.5 Å². The van der Waals surface area contributed by atoms with Crippen molar-refractivity contribution < 1.29 is 13.9 Å². The molecule has 4 nitrogen and oxygen atoms in total. The Labute approximate surface area is 118 Å². The SMILES string of the molecule is CCOC(=O)C1CCC(CN)N1Cc1ccc(F)cc1. The zero-order chi connectivity index (χ0) is 14.5. The van der Waals surface area contributed by atoms with Crippen LogP contribution in [0.15, 0.2) is 24.3 Å². The van der Waals surface area contributed by atoms with Gasteiger partial charge in [-0.25, -0.2) is 4.39 Å². The molecule has 0 aliphatic carbocycles. The third-order valence-corrected chi connectivity index (χ3v) is 3.75. The van der Waals surface area contributed by atoms with Crippen molar-refractivity contribution in [3.05, 3.63) is 35.6 Å². The van der Waals surface area contributed by atoms with Crippen molar-refractivity contribution >= 4 is 5.97 Å². The van der Waals surface area contributed by atoms with Crippen molar-refractivity contribution in [2.24, 2.45) is 5.73 Å². The van der Waals surface area contributed by atoms with E-state index in [2.05, 4.69) is 4.90 Å². The molecule has 1 heterocycles. The Balaban J connectivity index is 2.10. The lowest BCUT2D eigenvalue weighted by molar-refractivity contribution is -0.149. The standard InChI is InChI=1S/C15H21FN2O2/c1-2-20-15(19)14-8-7-13(9-17)18(14)10-11-3-5-12(16)6-4-11/h3-6,13-14H,2,7-10,17H2,1H3. The minimum atomic E-state index is -0.257. The third kappa shape index (κ3) is 3.35. The van der Waals surface area contributed by atoms with Crippen LogP contribution >= 0.6 is 0 Å². The van der Waals surface area contributed by atoms with Crippen LogP contribution in [0.2, 0.25) is 0 Å². The van der Waals surface area contributed by atoms with Gasteiger partial charge in [0.1, 0.15) is 11.9 Å². The molecule has 0 radical (unpaired) electrons. The van der Waals surface area contributed by atoms with Crippen molar-refractivity contribution in [3.8, 4) is 0 Å². The minimum Gasteiger partial charge on any atom is -0.465 e. The molecule has 110 valence electrons. The first kappa shape index (κ1) is 14.9. The van der Waals surface area contributed by atoms with Crippen LogP contribution in [0.3, 0.4) is 0 Å². The van der Waals surface area contributed by atoms with Crippen molar-refractivity contribution in [2.75, 3.05) is 13.2 Å². The monoisotopic (exact) mass is 280 g/mol. The van der Waals surface area contributed by atoms with Crippen LogP contribution in [-0.2, 0) is 16.1 Å². The zero-order valence-electron chi connectivity index (χ0n) is 11.7. The van der Waals surface area contributed by atoms with Gasteiger partial charge in [-0.05, 0) is 37.5 Å². The molecule has 0 saturated carbocycles. The number of nitrogens with zero attached hydrogens (tertiary/aromatic N) is 1. The number of hydrogen-bond donors (Lipinski definition) is 1. The van der Waals surface area contributed by atoms with Crippen molar-refractivity contribution in [1.29, 1.82) is 0 Å². The lowest BCUT2D eigenvalue weighted by atomic mass is 10.1. The Bertz CT molecular complexity index is 450. The largest absolute Gasteiger partial charge is 0.465 e. The summed E-state index contributed by atoms with van der Waals surface area (Å²) in [5.74, 6) is -0.446.